The van der Waals surface area contributed by atoms with Gasteiger partial charge in [-0.1, -0.05) is 25.6 Å². The Morgan fingerprint density at radius 1 is 1.20 bits per heavy atom. The zero-order valence-corrected chi connectivity index (χ0v) is 12.7. The predicted molar refractivity (Wildman–Crippen MR) is 80.8 cm³/mol. The Balaban J connectivity index is 2.27. The molecule has 0 unspecified atom stereocenters. The summed E-state index contributed by atoms with van der Waals surface area (Å²) in [5, 5.41) is 4.08. The van der Waals surface area contributed by atoms with Crippen LogP contribution in [0.4, 0.5) is 10.2 Å². The minimum Gasteiger partial charge on any atom is -0.370 e. The van der Waals surface area contributed by atoms with Crippen LogP contribution in [0.1, 0.15) is 32.5 Å². The van der Waals surface area contributed by atoms with Crippen molar-refractivity contribution in [2.24, 2.45) is 0 Å². The zero-order chi connectivity index (χ0) is 14.5. The predicted octanol–water partition coefficient (Wildman–Crippen LogP) is 4.32. The number of anilines is 1. The second-order valence-corrected chi connectivity index (χ2v) is 5.78. The number of halogens is 1. The molecular weight excluding hydrogens is 273 g/mol. The second kappa shape index (κ2) is 6.70. The molecule has 0 radical (unpaired) electrons. The first-order valence-corrected chi connectivity index (χ1v) is 7.46. The molecule has 5 heteroatoms. The average Bonchev–Trinajstić information content (AvgIpc) is 2.41. The molecule has 1 heterocycles. The van der Waals surface area contributed by atoms with Gasteiger partial charge in [0.2, 0.25) is 0 Å². The molecule has 0 saturated heterocycles. The zero-order valence-electron chi connectivity index (χ0n) is 11.9. The summed E-state index contributed by atoms with van der Waals surface area (Å²) in [6, 6.07) is 8.34. The van der Waals surface area contributed by atoms with Crippen molar-refractivity contribution in [3.8, 4) is 0 Å². The topological polar surface area (TPSA) is 37.8 Å². The van der Waals surface area contributed by atoms with Crippen LogP contribution < -0.4 is 5.32 Å². The highest BCUT2D eigenvalue weighted by Gasteiger charge is 2.09. The van der Waals surface area contributed by atoms with Crippen LogP contribution in [0.2, 0.25) is 0 Å². The summed E-state index contributed by atoms with van der Waals surface area (Å²) in [6.07, 6.45) is 0. The van der Waals surface area contributed by atoms with Gasteiger partial charge in [0.1, 0.15) is 22.5 Å². The van der Waals surface area contributed by atoms with Gasteiger partial charge in [0.05, 0.1) is 0 Å². The SMILES string of the molecule is CCNc1cc(Sc2ccc(F)cc2)nc(C(C)C)n1. The Kier molecular flexibility index (Phi) is 4.95. The van der Waals surface area contributed by atoms with Gasteiger partial charge in [-0.25, -0.2) is 14.4 Å². The van der Waals surface area contributed by atoms with E-state index >= 15 is 0 Å². The van der Waals surface area contributed by atoms with E-state index < -0.39 is 0 Å². The van der Waals surface area contributed by atoms with E-state index in [2.05, 4.69) is 29.1 Å². The van der Waals surface area contributed by atoms with Crippen molar-refractivity contribution in [3.05, 3.63) is 42.0 Å². The van der Waals surface area contributed by atoms with Crippen LogP contribution in [0.25, 0.3) is 0 Å². The first-order valence-electron chi connectivity index (χ1n) is 6.64. The normalized spacial score (nSPS) is 10.8. The molecule has 0 saturated carbocycles. The minimum absolute atomic E-state index is 0.228. The minimum atomic E-state index is -0.228. The summed E-state index contributed by atoms with van der Waals surface area (Å²) in [4.78, 5) is 9.99. The van der Waals surface area contributed by atoms with Crippen LogP contribution in [0.5, 0.6) is 0 Å². The van der Waals surface area contributed by atoms with Gasteiger partial charge in [0, 0.05) is 23.4 Å². The van der Waals surface area contributed by atoms with Gasteiger partial charge in [-0.2, -0.15) is 0 Å². The van der Waals surface area contributed by atoms with Crippen LogP contribution in [0.15, 0.2) is 40.3 Å². The average molecular weight is 291 g/mol. The Bertz CT molecular complexity index is 570. The fraction of sp³-hybridized carbons (Fsp3) is 0.333. The van der Waals surface area contributed by atoms with E-state index in [1.807, 2.05) is 13.0 Å². The molecule has 0 aliphatic rings. The maximum absolute atomic E-state index is 12.9. The van der Waals surface area contributed by atoms with Crippen LogP contribution >= 0.6 is 11.8 Å². The molecule has 20 heavy (non-hydrogen) atoms. The summed E-state index contributed by atoms with van der Waals surface area (Å²) >= 11 is 1.51. The van der Waals surface area contributed by atoms with Crippen LogP contribution in [-0.4, -0.2) is 16.5 Å². The van der Waals surface area contributed by atoms with Crippen molar-refractivity contribution >= 4 is 17.6 Å². The number of rotatable bonds is 5. The van der Waals surface area contributed by atoms with Gasteiger partial charge >= 0.3 is 0 Å². The molecule has 0 spiro atoms. The molecule has 0 aliphatic heterocycles. The maximum atomic E-state index is 12.9. The molecule has 1 N–H and O–H groups in total. The van der Waals surface area contributed by atoms with Crippen LogP contribution in [0, 0.1) is 5.82 Å². The van der Waals surface area contributed by atoms with Crippen molar-refractivity contribution in [3.63, 3.8) is 0 Å². The lowest BCUT2D eigenvalue weighted by Crippen LogP contribution is -2.05. The standard InChI is InChI=1S/C15H18FN3S/c1-4-17-13-9-14(19-15(18-13)10(2)3)20-12-7-5-11(16)6-8-12/h5-10H,4H2,1-3H3,(H,17,18,19). The lowest BCUT2D eigenvalue weighted by atomic mass is 10.2. The number of hydrogen-bond donors (Lipinski definition) is 1. The quantitative estimate of drug-likeness (QED) is 0.832. The maximum Gasteiger partial charge on any atom is 0.134 e. The van der Waals surface area contributed by atoms with Crippen molar-refractivity contribution in [1.29, 1.82) is 0 Å². The molecule has 1 aromatic carbocycles. The van der Waals surface area contributed by atoms with E-state index in [0.717, 1.165) is 28.1 Å². The number of hydrogen-bond acceptors (Lipinski definition) is 4. The van der Waals surface area contributed by atoms with E-state index in [4.69, 9.17) is 0 Å². The second-order valence-electron chi connectivity index (χ2n) is 4.69. The first-order chi connectivity index (χ1) is 9.58. The number of benzene rings is 1. The highest BCUT2D eigenvalue weighted by Crippen LogP contribution is 2.28. The van der Waals surface area contributed by atoms with Gasteiger partial charge in [0.15, 0.2) is 0 Å². The Morgan fingerprint density at radius 2 is 1.90 bits per heavy atom. The Hall–Kier alpha value is -1.62. The fourth-order valence-electron chi connectivity index (χ4n) is 1.65. The third-order valence-corrected chi connectivity index (χ3v) is 3.56. The molecule has 0 amide bonds. The van der Waals surface area contributed by atoms with Crippen molar-refractivity contribution < 1.29 is 4.39 Å². The molecule has 3 nitrogen and oxygen atoms in total. The van der Waals surface area contributed by atoms with Crippen LogP contribution in [0.3, 0.4) is 0 Å². The number of nitrogens with one attached hydrogen (secondary N) is 1. The highest BCUT2D eigenvalue weighted by atomic mass is 32.2. The third kappa shape index (κ3) is 3.93. The molecular formula is C15H18FN3S. The van der Waals surface area contributed by atoms with E-state index in [1.165, 1.54) is 23.9 Å². The van der Waals surface area contributed by atoms with E-state index in [9.17, 15) is 4.39 Å². The number of nitrogens with zero attached hydrogens (tertiary/aromatic N) is 2. The molecule has 106 valence electrons. The Labute approximate surface area is 123 Å². The highest BCUT2D eigenvalue weighted by molar-refractivity contribution is 7.99. The van der Waals surface area contributed by atoms with Gasteiger partial charge in [-0.15, -0.1) is 0 Å². The fourth-order valence-corrected chi connectivity index (χ4v) is 2.47. The number of aromatic nitrogens is 2. The summed E-state index contributed by atoms with van der Waals surface area (Å²) in [6.45, 7) is 6.98. The van der Waals surface area contributed by atoms with E-state index in [-0.39, 0.29) is 11.7 Å². The van der Waals surface area contributed by atoms with E-state index in [1.54, 1.807) is 12.1 Å². The molecule has 1 aromatic heterocycles. The molecule has 2 rings (SSSR count). The molecule has 0 atom stereocenters. The van der Waals surface area contributed by atoms with Crippen molar-refractivity contribution in [2.45, 2.75) is 36.6 Å². The van der Waals surface area contributed by atoms with Crippen LogP contribution in [-0.2, 0) is 0 Å². The molecule has 0 aliphatic carbocycles. The molecule has 0 fully saturated rings. The van der Waals surface area contributed by atoms with E-state index in [0.29, 0.717) is 0 Å². The Morgan fingerprint density at radius 3 is 2.50 bits per heavy atom. The molecule has 0 bridgehead atoms. The van der Waals surface area contributed by atoms with Gasteiger partial charge in [-0.3, -0.25) is 0 Å². The van der Waals surface area contributed by atoms with Crippen molar-refractivity contribution in [2.75, 3.05) is 11.9 Å². The molecule has 2 aromatic rings. The first kappa shape index (κ1) is 14.8. The van der Waals surface area contributed by atoms with Gasteiger partial charge in [-0.05, 0) is 31.2 Å². The third-order valence-electron chi connectivity index (χ3n) is 2.63. The lowest BCUT2D eigenvalue weighted by molar-refractivity contribution is 0.626. The largest absolute Gasteiger partial charge is 0.370 e. The lowest BCUT2D eigenvalue weighted by Gasteiger charge is -2.10. The smallest absolute Gasteiger partial charge is 0.134 e. The summed E-state index contributed by atoms with van der Waals surface area (Å²) < 4.78 is 12.9. The monoisotopic (exact) mass is 291 g/mol. The summed E-state index contributed by atoms with van der Waals surface area (Å²) in [7, 11) is 0. The van der Waals surface area contributed by atoms with Gasteiger partial charge in [0.25, 0.3) is 0 Å². The summed E-state index contributed by atoms with van der Waals surface area (Å²) in [5.74, 6) is 1.68. The van der Waals surface area contributed by atoms with Gasteiger partial charge < -0.3 is 5.32 Å². The summed E-state index contributed by atoms with van der Waals surface area (Å²) in [5.41, 5.74) is 0. The van der Waals surface area contributed by atoms with Crippen molar-refractivity contribution in [1.82, 2.24) is 9.97 Å².